The number of carbonyl (C=O) groups is 4. The summed E-state index contributed by atoms with van der Waals surface area (Å²) in [5.74, 6) is -5.27. The zero-order valence-corrected chi connectivity index (χ0v) is 27.4. The number of nitrogens with zero attached hydrogens (tertiary/aromatic N) is 3. The second-order valence-corrected chi connectivity index (χ2v) is 13.3. The van der Waals surface area contributed by atoms with E-state index in [1.54, 1.807) is 33.0 Å². The Morgan fingerprint density at radius 3 is 2.27 bits per heavy atom. The Hall–Kier alpha value is -5.01. The normalized spacial score (nSPS) is 16.9. The summed E-state index contributed by atoms with van der Waals surface area (Å²) in [5.41, 5.74) is 2.60. The first-order chi connectivity index (χ1) is 22.3. The van der Waals surface area contributed by atoms with Crippen molar-refractivity contribution in [2.45, 2.75) is 51.6 Å². The lowest BCUT2D eigenvalue weighted by atomic mass is 9.98. The Bertz CT molecular complexity index is 1890. The van der Waals surface area contributed by atoms with Gasteiger partial charge in [-0.05, 0) is 67.9 Å². The first kappa shape index (κ1) is 37.4. The van der Waals surface area contributed by atoms with E-state index in [1.807, 2.05) is 43.3 Å². The maximum Gasteiger partial charge on any atom is 0.490 e. The zero-order chi connectivity index (χ0) is 36.1. The zero-order valence-electron chi connectivity index (χ0n) is 26.6. The van der Waals surface area contributed by atoms with Gasteiger partial charge in [0.05, 0.1) is 41.6 Å². The molecular formula is C32H34F3N5O7S. The molecule has 3 atom stereocenters. The molecule has 1 aliphatic heterocycles. The highest BCUT2D eigenvalue weighted by molar-refractivity contribution is 7.91. The van der Waals surface area contributed by atoms with E-state index in [9.17, 15) is 41.2 Å². The molecule has 3 aromatic carbocycles. The molecule has 3 N–H and O–H groups in total. The Kier molecular flexibility index (Phi) is 11.6. The molecule has 12 nitrogen and oxygen atoms in total. The Balaban J connectivity index is 0.000000804. The number of halogens is 3. The van der Waals surface area contributed by atoms with Crippen molar-refractivity contribution < 1.29 is 45.9 Å². The van der Waals surface area contributed by atoms with Crippen LogP contribution in [0.25, 0.3) is 10.8 Å². The number of sulfone groups is 1. The fourth-order valence-corrected chi connectivity index (χ4v) is 5.69. The quantitative estimate of drug-likeness (QED) is 0.337. The van der Waals surface area contributed by atoms with Crippen LogP contribution >= 0.6 is 0 Å². The van der Waals surface area contributed by atoms with E-state index >= 15 is 0 Å². The van der Waals surface area contributed by atoms with E-state index < -0.39 is 63.6 Å². The average molecular weight is 690 g/mol. The van der Waals surface area contributed by atoms with E-state index in [2.05, 4.69) is 16.7 Å². The molecule has 0 unspecified atom stereocenters. The van der Waals surface area contributed by atoms with Crippen molar-refractivity contribution in [1.29, 1.82) is 5.26 Å². The number of nitriles is 1. The topological polar surface area (TPSA) is 177 Å². The van der Waals surface area contributed by atoms with Crippen LogP contribution in [-0.4, -0.2) is 80.6 Å². The van der Waals surface area contributed by atoms with Gasteiger partial charge in [0, 0.05) is 6.26 Å². The molecule has 0 saturated carbocycles. The van der Waals surface area contributed by atoms with Crippen molar-refractivity contribution in [1.82, 2.24) is 10.6 Å². The number of anilines is 2. The molecule has 0 radical (unpaired) electrons. The monoisotopic (exact) mass is 689 g/mol. The smallest absolute Gasteiger partial charge is 0.475 e. The van der Waals surface area contributed by atoms with Crippen LogP contribution in [0.3, 0.4) is 0 Å². The Morgan fingerprint density at radius 1 is 1.08 bits per heavy atom. The molecule has 0 spiro atoms. The summed E-state index contributed by atoms with van der Waals surface area (Å²) in [7, 11) is -2.13. The number of fused-ring (bicyclic) bond motifs is 2. The van der Waals surface area contributed by atoms with E-state index in [1.165, 1.54) is 15.9 Å². The van der Waals surface area contributed by atoms with Crippen LogP contribution in [0.15, 0.2) is 54.6 Å². The lowest BCUT2D eigenvalue weighted by Gasteiger charge is -2.32. The van der Waals surface area contributed by atoms with Gasteiger partial charge in [-0.3, -0.25) is 14.4 Å². The molecule has 0 aliphatic carbocycles. The Labute approximate surface area is 275 Å². The number of carbonyl (C=O) groups excluding carboxylic acids is 3. The van der Waals surface area contributed by atoms with E-state index in [-0.39, 0.29) is 17.8 Å². The van der Waals surface area contributed by atoms with Gasteiger partial charge >= 0.3 is 12.1 Å². The number of rotatable bonds is 7. The van der Waals surface area contributed by atoms with E-state index in [0.29, 0.717) is 5.69 Å². The molecule has 256 valence electrons. The second-order valence-electron chi connectivity index (χ2n) is 11.2. The molecule has 1 heterocycles. The van der Waals surface area contributed by atoms with Gasteiger partial charge in [0.1, 0.15) is 11.8 Å². The first-order valence-corrected chi connectivity index (χ1v) is 16.5. The highest BCUT2D eigenvalue weighted by Gasteiger charge is 2.43. The first-order valence-electron chi connectivity index (χ1n) is 14.4. The number of hydrogen-bond acceptors (Lipinski definition) is 8. The second kappa shape index (κ2) is 14.8. The van der Waals surface area contributed by atoms with Crippen LogP contribution in [0, 0.1) is 18.3 Å². The van der Waals surface area contributed by atoms with Gasteiger partial charge in [0.2, 0.25) is 11.8 Å². The molecule has 0 saturated heterocycles. The van der Waals surface area contributed by atoms with Crippen molar-refractivity contribution in [2.24, 2.45) is 0 Å². The fourth-order valence-electron chi connectivity index (χ4n) is 5.10. The Morgan fingerprint density at radius 2 is 1.71 bits per heavy atom. The van der Waals surface area contributed by atoms with Crippen molar-refractivity contribution in [3.8, 4) is 6.07 Å². The van der Waals surface area contributed by atoms with Crippen molar-refractivity contribution >= 4 is 55.7 Å². The molecule has 3 aromatic rings. The lowest BCUT2D eigenvalue weighted by molar-refractivity contribution is -0.192. The van der Waals surface area contributed by atoms with Gasteiger partial charge in [-0.1, -0.05) is 36.4 Å². The maximum absolute atomic E-state index is 14.4. The van der Waals surface area contributed by atoms with Crippen molar-refractivity contribution in [3.63, 3.8) is 0 Å². The molecule has 0 bridgehead atoms. The third-order valence-electron chi connectivity index (χ3n) is 7.69. The maximum atomic E-state index is 14.4. The number of amides is 3. The summed E-state index contributed by atoms with van der Waals surface area (Å²) < 4.78 is 56.1. The summed E-state index contributed by atoms with van der Waals surface area (Å²) in [6.45, 7) is 5.28. The molecule has 48 heavy (non-hydrogen) atoms. The minimum absolute atomic E-state index is 0.111. The number of carboxylic acid groups (broad SMARTS) is 1. The standard InChI is InChI=1S/C30H33N5O5S.C2HF3O2/c1-18-10-12-22-8-6-7-9-23(22)24(18)16-34-25-13-11-21(15-31)14-26(25)35(27(36)17-41(5,39)40)20(3)28(30(34)38)33-29(37)19(2)32-4;3-2(4,5)1(6)7/h6-14,19-20,28,32H,16-17H2,1-5H3,(H,33,37);(H,6,7)/t19-,20-,28-;/m0./s1. The van der Waals surface area contributed by atoms with E-state index in [0.717, 1.165) is 28.2 Å². The van der Waals surface area contributed by atoms with E-state index in [4.69, 9.17) is 9.90 Å². The summed E-state index contributed by atoms with van der Waals surface area (Å²) in [6, 6.07) is 15.6. The predicted octanol–water partition coefficient (Wildman–Crippen LogP) is 3.06. The van der Waals surface area contributed by atoms with Gasteiger partial charge in [-0.2, -0.15) is 18.4 Å². The average Bonchev–Trinajstić information content (AvgIpc) is 3.09. The number of hydrogen-bond donors (Lipinski definition) is 3. The number of aliphatic carboxylic acids is 1. The van der Waals surface area contributed by atoms with Crippen LogP contribution in [-0.2, 0) is 35.6 Å². The van der Waals surface area contributed by atoms with Crippen LogP contribution in [0.4, 0.5) is 24.5 Å². The van der Waals surface area contributed by atoms with Crippen LogP contribution in [0.5, 0.6) is 0 Å². The summed E-state index contributed by atoms with van der Waals surface area (Å²) in [6.07, 6.45) is -4.13. The highest BCUT2D eigenvalue weighted by atomic mass is 32.2. The minimum atomic E-state index is -5.08. The number of alkyl halides is 3. The number of benzene rings is 3. The third-order valence-corrected chi connectivity index (χ3v) is 8.46. The summed E-state index contributed by atoms with van der Waals surface area (Å²) in [5, 5.41) is 24.3. The number of aryl methyl sites for hydroxylation is 1. The van der Waals surface area contributed by atoms with Gasteiger partial charge in [0.15, 0.2) is 9.84 Å². The minimum Gasteiger partial charge on any atom is -0.475 e. The SMILES string of the molecule is CN[C@@H](C)C(=O)N[C@@H]1C(=O)N(Cc2c(C)ccc3ccccc23)c2ccc(C#N)cc2N(C(=O)CS(C)(=O)=O)[C@H]1C.O=C(O)C(F)(F)F. The molecule has 3 amide bonds. The number of nitrogens with one attached hydrogen (secondary N) is 2. The van der Waals surface area contributed by atoms with Gasteiger partial charge in [-0.15, -0.1) is 0 Å². The molecule has 0 fully saturated rings. The summed E-state index contributed by atoms with van der Waals surface area (Å²) in [4.78, 5) is 52.6. The van der Waals surface area contributed by atoms with Gasteiger partial charge < -0.3 is 25.5 Å². The van der Waals surface area contributed by atoms with Crippen LogP contribution in [0.2, 0.25) is 0 Å². The molecule has 1 aliphatic rings. The van der Waals surface area contributed by atoms with Crippen molar-refractivity contribution in [3.05, 3.63) is 71.3 Å². The molecule has 4 rings (SSSR count). The summed E-state index contributed by atoms with van der Waals surface area (Å²) >= 11 is 0. The molecular weight excluding hydrogens is 655 g/mol. The van der Waals surface area contributed by atoms with Gasteiger partial charge in [0.25, 0.3) is 5.91 Å². The fraction of sp³-hybridized carbons (Fsp3) is 0.344. The number of carboxylic acids is 1. The van der Waals surface area contributed by atoms with Gasteiger partial charge in [-0.25, -0.2) is 13.2 Å². The molecule has 0 aromatic heterocycles. The largest absolute Gasteiger partial charge is 0.490 e. The van der Waals surface area contributed by atoms with Crippen molar-refractivity contribution in [2.75, 3.05) is 28.9 Å². The number of likely N-dealkylation sites (N-methyl/N-ethyl adjacent to an activating group) is 1. The van der Waals surface area contributed by atoms with Crippen LogP contribution in [0.1, 0.15) is 30.5 Å². The van der Waals surface area contributed by atoms with Crippen LogP contribution < -0.4 is 20.4 Å². The third kappa shape index (κ3) is 8.66. The lowest BCUT2D eigenvalue weighted by Crippen LogP contribution is -2.60. The predicted molar refractivity (Wildman–Crippen MR) is 172 cm³/mol. The highest BCUT2D eigenvalue weighted by Crippen LogP contribution is 2.38. The molecule has 16 heteroatoms.